The molecule has 0 N–H and O–H groups in total. The van der Waals surface area contributed by atoms with Crippen LogP contribution in [-0.4, -0.2) is 30.1 Å². The van der Waals surface area contributed by atoms with Crippen molar-refractivity contribution < 1.29 is 22.4 Å². The summed E-state index contributed by atoms with van der Waals surface area (Å²) in [6.07, 6.45) is -3.17. The molecule has 0 bridgehead atoms. The molecule has 0 aliphatic carbocycles. The molecule has 90 valence electrons. The Balaban J connectivity index is 2.82. The lowest BCUT2D eigenvalue weighted by Crippen LogP contribution is -2.38. The molecule has 1 amide bonds. The van der Waals surface area contributed by atoms with Crippen LogP contribution in [0, 0.1) is 0 Å². The molecule has 7 heteroatoms. The molecule has 1 rings (SSSR count). The first-order valence-corrected chi connectivity index (χ1v) is 5.23. The highest BCUT2D eigenvalue weighted by Crippen LogP contribution is 2.22. The van der Waals surface area contributed by atoms with Crippen LogP contribution in [0.25, 0.3) is 0 Å². The van der Waals surface area contributed by atoms with Crippen LogP contribution in [0.5, 0.6) is 0 Å². The van der Waals surface area contributed by atoms with E-state index >= 15 is 0 Å². The van der Waals surface area contributed by atoms with E-state index in [1.54, 1.807) is 0 Å². The smallest absolute Gasteiger partial charge is 0.406 e. The van der Waals surface area contributed by atoms with Crippen molar-refractivity contribution in [1.82, 2.24) is 4.90 Å². The lowest BCUT2D eigenvalue weighted by molar-refractivity contribution is -0.140. The van der Waals surface area contributed by atoms with Crippen LogP contribution in [0.4, 0.5) is 13.2 Å². The Morgan fingerprint density at radius 3 is 2.56 bits per heavy atom. The summed E-state index contributed by atoms with van der Waals surface area (Å²) in [4.78, 5) is 12.4. The highest BCUT2D eigenvalue weighted by atomic mass is 79.9. The molecule has 0 aliphatic heterocycles. The zero-order valence-corrected chi connectivity index (χ0v) is 9.93. The molecule has 0 aromatic carbocycles. The van der Waals surface area contributed by atoms with Crippen molar-refractivity contribution in [2.45, 2.75) is 13.1 Å². The van der Waals surface area contributed by atoms with E-state index in [0.717, 1.165) is 0 Å². The molecule has 0 saturated heterocycles. The van der Waals surface area contributed by atoms with Crippen LogP contribution in [0.15, 0.2) is 21.4 Å². The number of hydrogen-bond donors (Lipinski definition) is 0. The zero-order chi connectivity index (χ0) is 12.3. The monoisotopic (exact) mass is 299 g/mol. The Hall–Kier alpha value is -0.980. The van der Waals surface area contributed by atoms with E-state index in [1.807, 2.05) is 0 Å². The number of carbonyl (C=O) groups excluding carboxylic acids is 1. The Morgan fingerprint density at radius 1 is 1.56 bits per heavy atom. The predicted molar refractivity (Wildman–Crippen MR) is 54.0 cm³/mol. The largest absolute Gasteiger partial charge is 0.457 e. The van der Waals surface area contributed by atoms with Gasteiger partial charge < -0.3 is 9.32 Å². The number of carbonyl (C=O) groups is 1. The fourth-order valence-corrected chi connectivity index (χ4v) is 1.57. The molecule has 1 heterocycles. The second-order valence-electron chi connectivity index (χ2n) is 3.04. The number of amides is 1. The van der Waals surface area contributed by atoms with Crippen molar-refractivity contribution in [2.24, 2.45) is 0 Å². The van der Waals surface area contributed by atoms with E-state index in [-0.39, 0.29) is 16.8 Å². The van der Waals surface area contributed by atoms with Gasteiger partial charge in [-0.3, -0.25) is 4.79 Å². The number of furan rings is 1. The van der Waals surface area contributed by atoms with Gasteiger partial charge in [0, 0.05) is 6.54 Å². The van der Waals surface area contributed by atoms with Crippen LogP contribution in [0.1, 0.15) is 17.3 Å². The third-order valence-corrected chi connectivity index (χ3v) is 2.50. The van der Waals surface area contributed by atoms with Gasteiger partial charge in [0.15, 0.2) is 4.67 Å². The highest BCUT2D eigenvalue weighted by Gasteiger charge is 2.33. The maximum Gasteiger partial charge on any atom is 0.406 e. The van der Waals surface area contributed by atoms with Crippen molar-refractivity contribution in [2.75, 3.05) is 13.1 Å². The SMILES string of the molecule is CCN(CC(F)(F)F)C(=O)c1ccoc1Br. The fourth-order valence-electron chi connectivity index (χ4n) is 1.16. The topological polar surface area (TPSA) is 33.5 Å². The number of hydrogen-bond acceptors (Lipinski definition) is 2. The average Bonchev–Trinajstić information content (AvgIpc) is 2.58. The van der Waals surface area contributed by atoms with Gasteiger partial charge in [-0.05, 0) is 28.9 Å². The first-order chi connectivity index (χ1) is 7.35. The number of halogens is 4. The maximum atomic E-state index is 12.2. The Labute approximate surface area is 98.3 Å². The third kappa shape index (κ3) is 3.26. The van der Waals surface area contributed by atoms with Gasteiger partial charge in [0.2, 0.25) is 0 Å². The van der Waals surface area contributed by atoms with Crippen molar-refractivity contribution >= 4 is 21.8 Å². The molecular weight excluding hydrogens is 291 g/mol. The molecule has 0 aliphatic rings. The van der Waals surface area contributed by atoms with Crippen molar-refractivity contribution in [3.05, 3.63) is 22.6 Å². The maximum absolute atomic E-state index is 12.2. The van der Waals surface area contributed by atoms with Gasteiger partial charge in [0.05, 0.1) is 11.8 Å². The van der Waals surface area contributed by atoms with Crippen LogP contribution in [0.3, 0.4) is 0 Å². The standard InChI is InChI=1S/C9H9BrF3NO2/c1-2-14(5-9(11,12)13)8(15)6-3-4-16-7(6)10/h3-4H,2,5H2,1H3. The summed E-state index contributed by atoms with van der Waals surface area (Å²) >= 11 is 2.95. The Bertz CT molecular complexity index is 375. The summed E-state index contributed by atoms with van der Waals surface area (Å²) < 4.78 is 41.4. The van der Waals surface area contributed by atoms with Gasteiger partial charge >= 0.3 is 6.18 Å². The van der Waals surface area contributed by atoms with E-state index in [0.29, 0.717) is 4.90 Å². The lowest BCUT2D eigenvalue weighted by atomic mass is 10.3. The van der Waals surface area contributed by atoms with Gasteiger partial charge in [-0.1, -0.05) is 0 Å². The van der Waals surface area contributed by atoms with E-state index in [4.69, 9.17) is 4.42 Å². The van der Waals surface area contributed by atoms with Crippen LogP contribution >= 0.6 is 15.9 Å². The van der Waals surface area contributed by atoms with E-state index in [9.17, 15) is 18.0 Å². The lowest BCUT2D eigenvalue weighted by Gasteiger charge is -2.21. The van der Waals surface area contributed by atoms with E-state index in [1.165, 1.54) is 19.3 Å². The second kappa shape index (κ2) is 4.90. The number of alkyl halides is 3. The third-order valence-electron chi connectivity index (χ3n) is 1.89. The molecule has 0 saturated carbocycles. The van der Waals surface area contributed by atoms with Gasteiger partial charge in [-0.25, -0.2) is 0 Å². The minimum absolute atomic E-state index is 0.0179. The molecule has 0 radical (unpaired) electrons. The number of rotatable bonds is 3. The van der Waals surface area contributed by atoms with Gasteiger partial charge in [0.25, 0.3) is 5.91 Å². The Morgan fingerprint density at radius 2 is 2.19 bits per heavy atom. The predicted octanol–water partition coefficient (Wildman–Crippen LogP) is 3.07. The first kappa shape index (κ1) is 13.1. The normalized spacial score (nSPS) is 11.6. The summed E-state index contributed by atoms with van der Waals surface area (Å²) in [6, 6.07) is 1.32. The summed E-state index contributed by atoms with van der Waals surface area (Å²) in [5.74, 6) is -0.708. The molecule has 0 fully saturated rings. The molecule has 1 aromatic rings. The minimum atomic E-state index is -4.40. The number of nitrogens with zero attached hydrogens (tertiary/aromatic N) is 1. The summed E-state index contributed by atoms with van der Waals surface area (Å²) in [7, 11) is 0. The van der Waals surface area contributed by atoms with Gasteiger partial charge in [-0.2, -0.15) is 13.2 Å². The van der Waals surface area contributed by atoms with E-state index in [2.05, 4.69) is 15.9 Å². The summed E-state index contributed by atoms with van der Waals surface area (Å²) in [5.41, 5.74) is 0.0890. The highest BCUT2D eigenvalue weighted by molar-refractivity contribution is 9.10. The molecule has 1 aromatic heterocycles. The van der Waals surface area contributed by atoms with Crippen molar-refractivity contribution in [3.8, 4) is 0 Å². The minimum Gasteiger partial charge on any atom is -0.457 e. The average molecular weight is 300 g/mol. The molecule has 0 atom stereocenters. The van der Waals surface area contributed by atoms with Crippen molar-refractivity contribution in [3.63, 3.8) is 0 Å². The quantitative estimate of drug-likeness (QED) is 0.859. The molecule has 0 spiro atoms. The van der Waals surface area contributed by atoms with Gasteiger partial charge in [-0.15, -0.1) is 0 Å². The van der Waals surface area contributed by atoms with Crippen LogP contribution in [-0.2, 0) is 0 Å². The van der Waals surface area contributed by atoms with E-state index < -0.39 is 18.6 Å². The molecular formula is C9H9BrF3NO2. The second-order valence-corrected chi connectivity index (χ2v) is 3.76. The van der Waals surface area contributed by atoms with Gasteiger partial charge in [0.1, 0.15) is 6.54 Å². The van der Waals surface area contributed by atoms with Crippen LogP contribution in [0.2, 0.25) is 0 Å². The molecule has 0 unspecified atom stereocenters. The molecule has 16 heavy (non-hydrogen) atoms. The van der Waals surface area contributed by atoms with Crippen molar-refractivity contribution in [1.29, 1.82) is 0 Å². The van der Waals surface area contributed by atoms with Crippen LogP contribution < -0.4 is 0 Å². The summed E-state index contributed by atoms with van der Waals surface area (Å²) in [5, 5.41) is 0. The fraction of sp³-hybridized carbons (Fsp3) is 0.444. The Kier molecular flexibility index (Phi) is 4.01. The molecule has 3 nitrogen and oxygen atoms in total. The first-order valence-electron chi connectivity index (χ1n) is 4.44. The zero-order valence-electron chi connectivity index (χ0n) is 8.34. The summed E-state index contributed by atoms with van der Waals surface area (Å²) in [6.45, 7) is 0.202.